The standard InChI is InChI=1S/C48H57FN14O5/c1-27(2)63-46-40(44(50)53-26-54-46)41(57-63)42-39(43(68-58-42)29-3-4-29)45-51-20-30(21-52-45)28-11-15-59(16-12-28)37(65)9-10-38(66)60-17-13-32(14-18-60)61-22-48(23-61)24-62(25-48)35-7-5-31(19-33(35)49)55-34-6-8-36(64)56-47(34)67/h5,7,19-21,26-29,32,34,55H,3-4,6,8-18,22-25H2,1-2H3,(H2,50,53,54)(H,56,64,67). The van der Waals surface area contributed by atoms with Gasteiger partial charge in [-0.2, -0.15) is 5.10 Å². The number of nitrogens with one attached hydrogen (secondary N) is 2. The molecule has 68 heavy (non-hydrogen) atoms. The summed E-state index contributed by atoms with van der Waals surface area (Å²) in [5.74, 6) is 1.06. The molecule has 0 radical (unpaired) electrons. The normalized spacial score (nSPS) is 21.4. The fourth-order valence-corrected chi connectivity index (χ4v) is 11.1. The van der Waals surface area contributed by atoms with E-state index in [4.69, 9.17) is 25.3 Å². The first kappa shape index (κ1) is 44.0. The molecule has 6 fully saturated rings. The molecule has 356 valence electrons. The topological polar surface area (TPSA) is 227 Å². The van der Waals surface area contributed by atoms with Crippen LogP contribution in [0.1, 0.15) is 107 Å². The van der Waals surface area contributed by atoms with Crippen LogP contribution in [0, 0.1) is 11.2 Å². The van der Waals surface area contributed by atoms with Crippen LogP contribution in [0.3, 0.4) is 0 Å². The molecule has 1 unspecified atom stereocenters. The third kappa shape index (κ3) is 8.29. The molecule has 20 heteroatoms. The highest BCUT2D eigenvalue weighted by Gasteiger charge is 2.54. The number of hydrogen-bond donors (Lipinski definition) is 3. The van der Waals surface area contributed by atoms with E-state index in [1.165, 1.54) is 12.4 Å². The summed E-state index contributed by atoms with van der Waals surface area (Å²) in [6.45, 7) is 10.2. The van der Waals surface area contributed by atoms with Crippen molar-refractivity contribution < 1.29 is 28.1 Å². The Hall–Kier alpha value is -6.57. The fourth-order valence-electron chi connectivity index (χ4n) is 11.1. The molecule has 1 spiro atoms. The number of halogens is 1. The Labute approximate surface area is 392 Å². The molecule has 11 rings (SSSR count). The molecule has 4 amide bonds. The predicted molar refractivity (Wildman–Crippen MR) is 248 cm³/mol. The maximum Gasteiger partial charge on any atom is 0.249 e. The zero-order chi connectivity index (χ0) is 46.8. The van der Waals surface area contributed by atoms with Crippen LogP contribution in [0.2, 0.25) is 0 Å². The summed E-state index contributed by atoms with van der Waals surface area (Å²) >= 11 is 0. The first-order valence-corrected chi connectivity index (χ1v) is 24.2. The van der Waals surface area contributed by atoms with E-state index in [-0.39, 0.29) is 72.0 Å². The minimum absolute atomic E-state index is 0.0180. The third-order valence-electron chi connectivity index (χ3n) is 15.0. The Bertz CT molecular complexity index is 2760. The van der Waals surface area contributed by atoms with E-state index in [0.717, 1.165) is 76.0 Å². The van der Waals surface area contributed by atoms with Crippen molar-refractivity contribution in [2.75, 3.05) is 68.3 Å². The number of aromatic nitrogens is 7. The monoisotopic (exact) mass is 928 g/mol. The van der Waals surface area contributed by atoms with Crippen molar-refractivity contribution in [3.8, 4) is 22.8 Å². The smallest absolute Gasteiger partial charge is 0.249 e. The van der Waals surface area contributed by atoms with Gasteiger partial charge in [0.15, 0.2) is 17.2 Å². The largest absolute Gasteiger partial charge is 0.383 e. The Kier molecular flexibility index (Phi) is 11.3. The van der Waals surface area contributed by atoms with E-state index < -0.39 is 6.04 Å². The van der Waals surface area contributed by atoms with Crippen LogP contribution in [0.25, 0.3) is 33.8 Å². The molecule has 19 nitrogen and oxygen atoms in total. The number of carbonyl (C=O) groups is 4. The van der Waals surface area contributed by atoms with E-state index >= 15 is 4.39 Å². The molecule has 6 aliphatic rings. The van der Waals surface area contributed by atoms with E-state index in [1.54, 1.807) is 12.1 Å². The first-order chi connectivity index (χ1) is 32.9. The number of anilines is 3. The van der Waals surface area contributed by atoms with E-state index in [2.05, 4.69) is 35.6 Å². The van der Waals surface area contributed by atoms with Crippen LogP contribution >= 0.6 is 0 Å². The molecule has 0 bridgehead atoms. The molecular formula is C48H57FN14O5. The molecule has 5 saturated heterocycles. The lowest BCUT2D eigenvalue weighted by Crippen LogP contribution is -2.74. The number of amides is 4. The second kappa shape index (κ2) is 17.5. The van der Waals surface area contributed by atoms with E-state index in [1.807, 2.05) is 40.7 Å². The minimum atomic E-state index is -0.562. The quantitative estimate of drug-likeness (QED) is 0.145. The van der Waals surface area contributed by atoms with Gasteiger partial charge in [-0.3, -0.25) is 29.4 Å². The second-order valence-corrected chi connectivity index (χ2v) is 20.1. The molecule has 1 atom stereocenters. The summed E-state index contributed by atoms with van der Waals surface area (Å²) in [6.07, 6.45) is 11.6. The van der Waals surface area contributed by atoms with Gasteiger partial charge in [0.05, 0.1) is 16.6 Å². The Morgan fingerprint density at radius 2 is 1.57 bits per heavy atom. The molecule has 4 aromatic heterocycles. The van der Waals surface area contributed by atoms with Crippen molar-refractivity contribution in [3.63, 3.8) is 0 Å². The van der Waals surface area contributed by atoms with Crippen molar-refractivity contribution in [2.24, 2.45) is 5.41 Å². The maximum atomic E-state index is 15.2. The zero-order valence-corrected chi connectivity index (χ0v) is 38.5. The molecule has 9 heterocycles. The number of rotatable bonds is 12. The van der Waals surface area contributed by atoms with Crippen LogP contribution in [0.5, 0.6) is 0 Å². The van der Waals surface area contributed by atoms with Crippen LogP contribution in [0.4, 0.5) is 21.6 Å². The van der Waals surface area contributed by atoms with Crippen LogP contribution in [0.15, 0.2) is 41.4 Å². The lowest BCUT2D eigenvalue weighted by molar-refractivity contribution is -0.139. The van der Waals surface area contributed by atoms with Crippen molar-refractivity contribution in [1.29, 1.82) is 0 Å². The van der Waals surface area contributed by atoms with Crippen LogP contribution in [-0.2, 0) is 19.2 Å². The Balaban J connectivity index is 0.620. The van der Waals surface area contributed by atoms with Gasteiger partial charge in [-0.15, -0.1) is 0 Å². The number of imide groups is 1. The fraction of sp³-hybridized carbons (Fsp3) is 0.542. The summed E-state index contributed by atoms with van der Waals surface area (Å²) in [6, 6.07) is 4.84. The number of nitrogen functional groups attached to an aromatic ring is 1. The van der Waals surface area contributed by atoms with Gasteiger partial charge in [0.1, 0.15) is 35.4 Å². The summed E-state index contributed by atoms with van der Waals surface area (Å²) < 4.78 is 23.0. The lowest BCUT2D eigenvalue weighted by atomic mass is 9.71. The lowest BCUT2D eigenvalue weighted by Gasteiger charge is -2.63. The second-order valence-electron chi connectivity index (χ2n) is 20.1. The highest BCUT2D eigenvalue weighted by Crippen LogP contribution is 2.48. The number of nitrogens with two attached hydrogens (primary N) is 1. The van der Waals surface area contributed by atoms with Gasteiger partial charge in [0, 0.05) is 113 Å². The van der Waals surface area contributed by atoms with E-state index in [0.29, 0.717) is 89.6 Å². The minimum Gasteiger partial charge on any atom is -0.383 e. The molecule has 1 aromatic carbocycles. The average molecular weight is 929 g/mol. The molecule has 5 aliphatic heterocycles. The Morgan fingerprint density at radius 1 is 0.882 bits per heavy atom. The Morgan fingerprint density at radius 3 is 2.22 bits per heavy atom. The van der Waals surface area contributed by atoms with Crippen molar-refractivity contribution in [1.82, 2.24) is 54.9 Å². The predicted octanol–water partition coefficient (Wildman–Crippen LogP) is 4.63. The zero-order valence-electron chi connectivity index (χ0n) is 38.5. The maximum absolute atomic E-state index is 15.2. The van der Waals surface area contributed by atoms with Crippen LogP contribution < -0.4 is 21.3 Å². The number of likely N-dealkylation sites (tertiary alicyclic amines) is 3. The average Bonchev–Trinajstić information content (AvgIpc) is 3.94. The van der Waals surface area contributed by atoms with Gasteiger partial charge in [0.2, 0.25) is 23.6 Å². The number of piperidine rings is 3. The number of carbonyl (C=O) groups excluding carboxylic acids is 4. The highest BCUT2D eigenvalue weighted by atomic mass is 19.1. The van der Waals surface area contributed by atoms with Gasteiger partial charge in [-0.25, -0.2) is 29.0 Å². The summed E-state index contributed by atoms with van der Waals surface area (Å²) in [7, 11) is 0. The molecule has 4 N–H and O–H groups in total. The number of nitrogens with zero attached hydrogens (tertiary/aromatic N) is 11. The van der Waals surface area contributed by atoms with Gasteiger partial charge in [-0.05, 0) is 88.5 Å². The summed E-state index contributed by atoms with van der Waals surface area (Å²) in [5, 5.41) is 15.4. The number of benzene rings is 1. The van der Waals surface area contributed by atoms with Gasteiger partial charge >= 0.3 is 0 Å². The van der Waals surface area contributed by atoms with Crippen molar-refractivity contribution >= 4 is 51.9 Å². The number of hydrogen-bond acceptors (Lipinski definition) is 15. The highest BCUT2D eigenvalue weighted by molar-refractivity contribution is 6.02. The van der Waals surface area contributed by atoms with Crippen LogP contribution in [-0.4, -0.2) is 138 Å². The van der Waals surface area contributed by atoms with Gasteiger partial charge < -0.3 is 30.3 Å². The summed E-state index contributed by atoms with van der Waals surface area (Å²) in [5.41, 5.74) is 11.0. The molecule has 1 saturated carbocycles. The molecule has 1 aliphatic carbocycles. The molecular weight excluding hydrogens is 872 g/mol. The molecule has 5 aromatic rings. The third-order valence-corrected chi connectivity index (χ3v) is 15.0. The van der Waals surface area contributed by atoms with Gasteiger partial charge in [-0.1, -0.05) is 5.16 Å². The van der Waals surface area contributed by atoms with Crippen molar-refractivity contribution in [3.05, 3.63) is 54.1 Å². The first-order valence-electron chi connectivity index (χ1n) is 24.2. The number of fused-ring (bicyclic) bond motifs is 1. The summed E-state index contributed by atoms with van der Waals surface area (Å²) in [4.78, 5) is 77.0. The SMILES string of the molecule is CC(C)n1nc(-c2noc(C3CC3)c2-c2ncc(C3CCN(C(=O)CCC(=O)N4CCC(N5CC6(CN(c7ccc(NC8CCC(=O)NC8=O)cc7F)C6)C5)CC4)CC3)cn2)c2c(N)ncnc21. The van der Waals surface area contributed by atoms with Crippen molar-refractivity contribution in [2.45, 2.75) is 108 Å². The van der Waals surface area contributed by atoms with Gasteiger partial charge in [0.25, 0.3) is 0 Å². The van der Waals surface area contributed by atoms with E-state index in [9.17, 15) is 19.2 Å².